The molecule has 118 valence electrons. The molecule has 0 aliphatic heterocycles. The van der Waals surface area contributed by atoms with Crippen LogP contribution in [-0.4, -0.2) is 26.4 Å². The van der Waals surface area contributed by atoms with E-state index in [1.54, 1.807) is 13.3 Å². The van der Waals surface area contributed by atoms with Crippen molar-refractivity contribution >= 4 is 17.6 Å². The Labute approximate surface area is 132 Å². The van der Waals surface area contributed by atoms with Gasteiger partial charge in [-0.1, -0.05) is 0 Å². The van der Waals surface area contributed by atoms with Crippen LogP contribution in [0.1, 0.15) is 30.9 Å². The van der Waals surface area contributed by atoms with Crippen molar-refractivity contribution in [3.8, 4) is 0 Å². The minimum absolute atomic E-state index is 0.478. The molecule has 4 nitrogen and oxygen atoms in total. The maximum atomic E-state index is 5.60. The van der Waals surface area contributed by atoms with Crippen molar-refractivity contribution in [2.45, 2.75) is 27.4 Å². The van der Waals surface area contributed by atoms with Gasteiger partial charge in [-0.3, -0.25) is 4.99 Å². The number of aliphatic imine (C=N–C) groups is 1. The Morgan fingerprint density at radius 3 is 2.59 bits per heavy atom. The van der Waals surface area contributed by atoms with Gasteiger partial charge in [0, 0.05) is 25.9 Å². The molecule has 4 heteroatoms. The zero-order valence-corrected chi connectivity index (χ0v) is 13.8. The van der Waals surface area contributed by atoms with E-state index in [-0.39, 0.29) is 0 Å². The molecule has 1 heterocycles. The quantitative estimate of drug-likeness (QED) is 0.714. The van der Waals surface area contributed by atoms with Crippen LogP contribution >= 0.6 is 0 Å². The fourth-order valence-electron chi connectivity index (χ4n) is 2.39. The van der Waals surface area contributed by atoms with E-state index in [0.29, 0.717) is 6.61 Å². The highest BCUT2D eigenvalue weighted by atomic mass is 16.5. The Hall–Kier alpha value is -2.07. The number of benzene rings is 1. The molecular weight excluding hydrogens is 276 g/mol. The molecule has 0 spiro atoms. The predicted octanol–water partition coefficient (Wildman–Crippen LogP) is 4.33. The van der Waals surface area contributed by atoms with Gasteiger partial charge in [-0.15, -0.1) is 0 Å². The maximum Gasteiger partial charge on any atom is 0.145 e. The lowest BCUT2D eigenvalue weighted by molar-refractivity contribution is 0.164. The molecule has 1 aromatic carbocycles. The number of furan rings is 1. The van der Waals surface area contributed by atoms with Crippen molar-refractivity contribution in [2.75, 3.05) is 25.1 Å². The summed E-state index contributed by atoms with van der Waals surface area (Å²) in [6.07, 6.45) is 1.75. The zero-order chi connectivity index (χ0) is 15.9. The third-order valence-corrected chi connectivity index (χ3v) is 3.61. The minimum atomic E-state index is 0.478. The van der Waals surface area contributed by atoms with Gasteiger partial charge in [-0.25, -0.2) is 0 Å². The predicted molar refractivity (Wildman–Crippen MR) is 91.4 cm³/mol. The van der Waals surface area contributed by atoms with Crippen LogP contribution < -0.4 is 4.90 Å². The van der Waals surface area contributed by atoms with E-state index in [2.05, 4.69) is 48.9 Å². The van der Waals surface area contributed by atoms with Gasteiger partial charge in [0.15, 0.2) is 0 Å². The van der Waals surface area contributed by atoms with Crippen LogP contribution in [-0.2, 0) is 11.3 Å². The van der Waals surface area contributed by atoms with Gasteiger partial charge in [0.2, 0.25) is 0 Å². The topological polar surface area (TPSA) is 38.0 Å². The first kappa shape index (κ1) is 16.3. The molecule has 0 saturated heterocycles. The third kappa shape index (κ3) is 3.98. The molecule has 0 bridgehead atoms. The first-order valence-corrected chi connectivity index (χ1v) is 7.65. The molecule has 0 aliphatic rings. The van der Waals surface area contributed by atoms with Crippen molar-refractivity contribution < 1.29 is 9.15 Å². The second-order valence-corrected chi connectivity index (χ2v) is 5.14. The van der Waals surface area contributed by atoms with Crippen LogP contribution in [0.4, 0.5) is 11.4 Å². The van der Waals surface area contributed by atoms with Crippen molar-refractivity contribution in [3.63, 3.8) is 0 Å². The van der Waals surface area contributed by atoms with E-state index in [0.717, 1.165) is 35.9 Å². The summed E-state index contributed by atoms with van der Waals surface area (Å²) in [5.74, 6) is 1.54. The Bertz CT molecular complexity index is 628. The van der Waals surface area contributed by atoms with Crippen LogP contribution in [0.3, 0.4) is 0 Å². The Kier molecular flexibility index (Phi) is 5.78. The Morgan fingerprint density at radius 1 is 1.18 bits per heavy atom. The second-order valence-electron chi connectivity index (χ2n) is 5.14. The molecule has 0 radical (unpaired) electrons. The molecule has 1 aromatic heterocycles. The van der Waals surface area contributed by atoms with Crippen LogP contribution in [0.15, 0.2) is 39.7 Å². The van der Waals surface area contributed by atoms with Gasteiger partial charge < -0.3 is 14.1 Å². The number of hydrogen-bond donors (Lipinski definition) is 0. The maximum absolute atomic E-state index is 5.60. The third-order valence-electron chi connectivity index (χ3n) is 3.61. The van der Waals surface area contributed by atoms with Crippen molar-refractivity contribution in [1.82, 2.24) is 0 Å². The molecule has 0 saturated carbocycles. The fourth-order valence-corrected chi connectivity index (χ4v) is 2.39. The van der Waals surface area contributed by atoms with E-state index in [1.807, 2.05) is 12.1 Å². The molecule has 0 atom stereocenters. The summed E-state index contributed by atoms with van der Waals surface area (Å²) in [5.41, 5.74) is 3.35. The Balaban J connectivity index is 2.13. The summed E-state index contributed by atoms with van der Waals surface area (Å²) in [5, 5.41) is 0. The SMILES string of the molecule is CCN(CC)c1ccc(N=Cc2ccc(COC)o2)c(C)c1. The summed E-state index contributed by atoms with van der Waals surface area (Å²) < 4.78 is 10.6. The summed E-state index contributed by atoms with van der Waals surface area (Å²) >= 11 is 0. The van der Waals surface area contributed by atoms with Crippen molar-refractivity contribution in [2.24, 2.45) is 4.99 Å². The lowest BCUT2D eigenvalue weighted by atomic mass is 10.1. The smallest absolute Gasteiger partial charge is 0.145 e. The van der Waals surface area contributed by atoms with Crippen molar-refractivity contribution in [1.29, 1.82) is 0 Å². The molecule has 22 heavy (non-hydrogen) atoms. The van der Waals surface area contributed by atoms with Crippen LogP contribution in [0.5, 0.6) is 0 Å². The number of aryl methyl sites for hydroxylation is 1. The van der Waals surface area contributed by atoms with Gasteiger partial charge in [0.25, 0.3) is 0 Å². The van der Waals surface area contributed by atoms with E-state index in [4.69, 9.17) is 9.15 Å². The highest BCUT2D eigenvalue weighted by molar-refractivity contribution is 5.79. The lowest BCUT2D eigenvalue weighted by Gasteiger charge is -2.21. The van der Waals surface area contributed by atoms with E-state index in [9.17, 15) is 0 Å². The van der Waals surface area contributed by atoms with Crippen LogP contribution in [0, 0.1) is 6.92 Å². The molecular formula is C18H24N2O2. The standard InChI is InChI=1S/C18H24N2O2/c1-5-20(6-2)15-7-10-18(14(3)11-15)19-12-16-8-9-17(22-16)13-21-4/h7-12H,5-6,13H2,1-4H3. The van der Waals surface area contributed by atoms with E-state index < -0.39 is 0 Å². The van der Waals surface area contributed by atoms with Crippen molar-refractivity contribution in [3.05, 3.63) is 47.4 Å². The fraction of sp³-hybridized carbons (Fsp3) is 0.389. The van der Waals surface area contributed by atoms with E-state index in [1.165, 1.54) is 5.69 Å². The first-order chi connectivity index (χ1) is 10.7. The average Bonchev–Trinajstić information content (AvgIpc) is 2.96. The van der Waals surface area contributed by atoms with Crippen LogP contribution in [0.25, 0.3) is 0 Å². The highest BCUT2D eigenvalue weighted by Gasteiger charge is 2.04. The number of anilines is 1. The molecule has 0 N–H and O–H groups in total. The van der Waals surface area contributed by atoms with Crippen LogP contribution in [0.2, 0.25) is 0 Å². The summed E-state index contributed by atoms with van der Waals surface area (Å²) in [7, 11) is 1.65. The zero-order valence-electron chi connectivity index (χ0n) is 13.8. The monoisotopic (exact) mass is 300 g/mol. The number of hydrogen-bond acceptors (Lipinski definition) is 4. The molecule has 0 amide bonds. The summed E-state index contributed by atoms with van der Waals surface area (Å²) in [6.45, 7) is 8.91. The normalized spacial score (nSPS) is 11.3. The van der Waals surface area contributed by atoms with E-state index >= 15 is 0 Å². The number of methoxy groups -OCH3 is 1. The molecule has 2 rings (SSSR count). The average molecular weight is 300 g/mol. The Morgan fingerprint density at radius 2 is 1.95 bits per heavy atom. The highest BCUT2D eigenvalue weighted by Crippen LogP contribution is 2.24. The second kappa shape index (κ2) is 7.80. The van der Waals surface area contributed by atoms with Gasteiger partial charge >= 0.3 is 0 Å². The van der Waals surface area contributed by atoms with Gasteiger partial charge in [0.05, 0.1) is 11.9 Å². The largest absolute Gasteiger partial charge is 0.458 e. The molecule has 0 unspecified atom stereocenters. The number of ether oxygens (including phenoxy) is 1. The first-order valence-electron chi connectivity index (χ1n) is 7.65. The van der Waals surface area contributed by atoms with Gasteiger partial charge in [-0.05, 0) is 56.7 Å². The molecule has 0 fully saturated rings. The molecule has 2 aromatic rings. The van der Waals surface area contributed by atoms with Gasteiger partial charge in [-0.2, -0.15) is 0 Å². The summed E-state index contributed by atoms with van der Waals surface area (Å²) in [6, 6.07) is 10.2. The van der Waals surface area contributed by atoms with Gasteiger partial charge in [0.1, 0.15) is 18.1 Å². The lowest BCUT2D eigenvalue weighted by Crippen LogP contribution is -2.21. The minimum Gasteiger partial charge on any atom is -0.458 e. The number of rotatable bonds is 7. The number of nitrogens with zero attached hydrogens (tertiary/aromatic N) is 2. The molecule has 0 aliphatic carbocycles. The summed E-state index contributed by atoms with van der Waals surface area (Å²) in [4.78, 5) is 6.85.